The van der Waals surface area contributed by atoms with E-state index in [1.807, 2.05) is 54.1 Å². The van der Waals surface area contributed by atoms with Crippen molar-refractivity contribution in [2.45, 2.75) is 64.9 Å². The van der Waals surface area contributed by atoms with E-state index in [1.54, 1.807) is 0 Å². The van der Waals surface area contributed by atoms with Crippen LogP contribution >= 0.6 is 0 Å². The second kappa shape index (κ2) is 11.6. The van der Waals surface area contributed by atoms with Crippen LogP contribution in [-0.2, 0) is 24.4 Å². The zero-order chi connectivity index (χ0) is 27.5. The third kappa shape index (κ3) is 5.52. The van der Waals surface area contributed by atoms with Gasteiger partial charge < -0.3 is 23.9 Å². The average molecular weight is 547 g/mol. The molecule has 0 aliphatic carbocycles. The van der Waals surface area contributed by atoms with E-state index in [9.17, 15) is 4.79 Å². The van der Waals surface area contributed by atoms with Crippen molar-refractivity contribution < 1.29 is 18.9 Å². The van der Waals surface area contributed by atoms with Gasteiger partial charge in [-0.3, -0.25) is 9.69 Å². The van der Waals surface area contributed by atoms with E-state index in [0.717, 1.165) is 65.4 Å². The number of tetrazole rings is 1. The third-order valence-corrected chi connectivity index (χ3v) is 7.49. The first-order valence-corrected chi connectivity index (χ1v) is 13.9. The van der Waals surface area contributed by atoms with Gasteiger partial charge in [-0.25, -0.2) is 4.68 Å². The number of benzene rings is 2. The van der Waals surface area contributed by atoms with Crippen LogP contribution in [0.15, 0.2) is 47.3 Å². The number of aromatic amines is 1. The standard InChI is InChI=1S/C29H34N6O5/c1-3-25(28-31-32-33-35(28)17-23-6-5-11-38-23)34(15-19-7-10-26-27(12-19)40-18-39-26)16-21-13-20-14-22(37-4-2)8-9-24(20)30-29(21)36/h7-10,12-14,23,25H,3-6,11,15-18H2,1-2H3,(H,30,36)/t23-,25+/m0/s1. The highest BCUT2D eigenvalue weighted by atomic mass is 16.7. The molecule has 2 aliphatic heterocycles. The number of nitrogens with zero attached hydrogens (tertiary/aromatic N) is 5. The lowest BCUT2D eigenvalue weighted by Crippen LogP contribution is -2.33. The summed E-state index contributed by atoms with van der Waals surface area (Å²) < 4.78 is 24.6. The number of H-pyrrole nitrogens is 1. The lowest BCUT2D eigenvalue weighted by Gasteiger charge is -2.30. The van der Waals surface area contributed by atoms with Gasteiger partial charge in [0.25, 0.3) is 5.56 Å². The average Bonchev–Trinajstić information content (AvgIpc) is 3.73. The monoisotopic (exact) mass is 546 g/mol. The summed E-state index contributed by atoms with van der Waals surface area (Å²) in [4.78, 5) is 18.6. The zero-order valence-electron chi connectivity index (χ0n) is 22.8. The molecule has 4 aromatic rings. The molecule has 2 atom stereocenters. The predicted octanol–water partition coefficient (Wildman–Crippen LogP) is 3.97. The van der Waals surface area contributed by atoms with E-state index in [-0.39, 0.29) is 24.5 Å². The van der Waals surface area contributed by atoms with Gasteiger partial charge in [-0.15, -0.1) is 5.10 Å². The number of nitrogens with one attached hydrogen (secondary N) is 1. The SMILES string of the molecule is CCOc1ccc2[nH]c(=O)c(CN(Cc3ccc4c(c3)OCO4)[C@H](CC)c3nnnn3C[C@@H]3CCCO3)cc2c1. The molecule has 210 valence electrons. The quantitative estimate of drug-likeness (QED) is 0.298. The van der Waals surface area contributed by atoms with Crippen molar-refractivity contribution in [3.63, 3.8) is 0 Å². The molecule has 40 heavy (non-hydrogen) atoms. The Kier molecular flexibility index (Phi) is 7.65. The van der Waals surface area contributed by atoms with Crippen LogP contribution in [0, 0.1) is 0 Å². The molecule has 0 amide bonds. The fourth-order valence-corrected chi connectivity index (χ4v) is 5.54. The van der Waals surface area contributed by atoms with Gasteiger partial charge in [0.2, 0.25) is 6.79 Å². The molecule has 0 saturated carbocycles. The Hall–Kier alpha value is -3.96. The second-order valence-corrected chi connectivity index (χ2v) is 10.2. The molecule has 0 unspecified atom stereocenters. The summed E-state index contributed by atoms with van der Waals surface area (Å²) in [5, 5.41) is 13.7. The van der Waals surface area contributed by atoms with E-state index in [2.05, 4.69) is 32.3 Å². The van der Waals surface area contributed by atoms with E-state index >= 15 is 0 Å². The number of ether oxygens (including phenoxy) is 4. The summed E-state index contributed by atoms with van der Waals surface area (Å²) >= 11 is 0. The Balaban J connectivity index is 1.35. The topological polar surface area (TPSA) is 117 Å². The molecule has 11 nitrogen and oxygen atoms in total. The predicted molar refractivity (Wildman–Crippen MR) is 147 cm³/mol. The number of aromatic nitrogens is 5. The summed E-state index contributed by atoms with van der Waals surface area (Å²) in [5.41, 5.74) is 2.34. The van der Waals surface area contributed by atoms with Gasteiger partial charge in [-0.1, -0.05) is 13.0 Å². The lowest BCUT2D eigenvalue weighted by molar-refractivity contribution is 0.0888. The lowest BCUT2D eigenvalue weighted by atomic mass is 10.1. The zero-order valence-corrected chi connectivity index (χ0v) is 22.8. The highest BCUT2D eigenvalue weighted by molar-refractivity contribution is 5.80. The summed E-state index contributed by atoms with van der Waals surface area (Å²) in [7, 11) is 0. The Labute approximate surface area is 232 Å². The van der Waals surface area contributed by atoms with Crippen molar-refractivity contribution in [1.29, 1.82) is 0 Å². The van der Waals surface area contributed by atoms with Crippen molar-refractivity contribution in [2.75, 3.05) is 20.0 Å². The highest BCUT2D eigenvalue weighted by Gasteiger charge is 2.28. The minimum absolute atomic E-state index is 0.102. The van der Waals surface area contributed by atoms with Crippen molar-refractivity contribution in [3.05, 3.63) is 69.8 Å². The largest absolute Gasteiger partial charge is 0.494 e. The molecule has 2 aromatic carbocycles. The molecule has 4 heterocycles. The van der Waals surface area contributed by atoms with Crippen molar-refractivity contribution in [1.82, 2.24) is 30.1 Å². The fourth-order valence-electron chi connectivity index (χ4n) is 5.54. The Morgan fingerprint density at radius 2 is 2.02 bits per heavy atom. The molecule has 2 aromatic heterocycles. The molecule has 1 N–H and O–H groups in total. The normalized spacial score (nSPS) is 17.1. The smallest absolute Gasteiger partial charge is 0.252 e. The van der Waals surface area contributed by atoms with Crippen molar-refractivity contribution >= 4 is 10.9 Å². The summed E-state index contributed by atoms with van der Waals surface area (Å²) in [6.45, 7) is 7.17. The van der Waals surface area contributed by atoms with Crippen molar-refractivity contribution in [2.24, 2.45) is 0 Å². The maximum absolute atomic E-state index is 13.3. The molecule has 0 bridgehead atoms. The van der Waals surface area contributed by atoms with E-state index in [0.29, 0.717) is 31.8 Å². The van der Waals surface area contributed by atoms with Gasteiger partial charge in [-0.05, 0) is 78.6 Å². The second-order valence-electron chi connectivity index (χ2n) is 10.2. The maximum atomic E-state index is 13.3. The molecule has 2 aliphatic rings. The van der Waals surface area contributed by atoms with E-state index in [1.165, 1.54) is 0 Å². The molecule has 1 saturated heterocycles. The molecular formula is C29H34N6O5. The first-order chi connectivity index (χ1) is 19.6. The number of hydrogen-bond acceptors (Lipinski definition) is 9. The van der Waals surface area contributed by atoms with Crippen LogP contribution < -0.4 is 19.8 Å². The Bertz CT molecular complexity index is 1530. The van der Waals surface area contributed by atoms with Gasteiger partial charge in [0, 0.05) is 36.2 Å². The van der Waals surface area contributed by atoms with Gasteiger partial charge in [-0.2, -0.15) is 0 Å². The number of fused-ring (bicyclic) bond motifs is 2. The summed E-state index contributed by atoms with van der Waals surface area (Å²) in [6.07, 6.45) is 2.89. The van der Waals surface area contributed by atoms with Gasteiger partial charge in [0.05, 0.1) is 25.3 Å². The number of pyridine rings is 1. The highest BCUT2D eigenvalue weighted by Crippen LogP contribution is 2.34. The van der Waals surface area contributed by atoms with Crippen molar-refractivity contribution in [3.8, 4) is 17.2 Å². The van der Waals surface area contributed by atoms with Crippen LogP contribution in [0.1, 0.15) is 56.1 Å². The summed E-state index contributed by atoms with van der Waals surface area (Å²) in [6, 6.07) is 13.5. The van der Waals surface area contributed by atoms with Crippen LogP contribution in [0.4, 0.5) is 0 Å². The minimum Gasteiger partial charge on any atom is -0.494 e. The van der Waals surface area contributed by atoms with E-state index in [4.69, 9.17) is 18.9 Å². The molecule has 1 fully saturated rings. The van der Waals surface area contributed by atoms with Gasteiger partial charge in [0.15, 0.2) is 17.3 Å². The fraction of sp³-hybridized carbons (Fsp3) is 0.448. The third-order valence-electron chi connectivity index (χ3n) is 7.49. The summed E-state index contributed by atoms with van der Waals surface area (Å²) in [5.74, 6) is 2.99. The van der Waals surface area contributed by atoms with E-state index < -0.39 is 0 Å². The Morgan fingerprint density at radius 1 is 1.12 bits per heavy atom. The molecule has 0 spiro atoms. The number of hydrogen-bond donors (Lipinski definition) is 1. The van der Waals surface area contributed by atoms with Crippen LogP contribution in [0.2, 0.25) is 0 Å². The first kappa shape index (κ1) is 26.3. The molecule has 0 radical (unpaired) electrons. The van der Waals surface area contributed by atoms with Crippen LogP contribution in [0.5, 0.6) is 17.2 Å². The first-order valence-electron chi connectivity index (χ1n) is 13.9. The minimum atomic E-state index is -0.147. The van der Waals surface area contributed by atoms with Crippen LogP contribution in [-0.4, -0.2) is 56.2 Å². The van der Waals surface area contributed by atoms with Crippen LogP contribution in [0.3, 0.4) is 0 Å². The molecular weight excluding hydrogens is 512 g/mol. The van der Waals surface area contributed by atoms with Gasteiger partial charge >= 0.3 is 0 Å². The molecule has 11 heteroatoms. The van der Waals surface area contributed by atoms with Crippen LogP contribution in [0.25, 0.3) is 10.9 Å². The Morgan fingerprint density at radius 3 is 2.85 bits per heavy atom. The maximum Gasteiger partial charge on any atom is 0.252 e. The van der Waals surface area contributed by atoms with Gasteiger partial charge in [0.1, 0.15) is 5.75 Å². The number of rotatable bonds is 11. The molecule has 6 rings (SSSR count).